The number of hydrogen-bond donors (Lipinski definition) is 1. The fourth-order valence-corrected chi connectivity index (χ4v) is 4.45. The van der Waals surface area contributed by atoms with Gasteiger partial charge in [-0.3, -0.25) is 19.3 Å². The molecule has 7 nitrogen and oxygen atoms in total. The van der Waals surface area contributed by atoms with E-state index in [4.69, 9.17) is 21.1 Å². The Balaban J connectivity index is 1.92. The first-order valence-electron chi connectivity index (χ1n) is 11.3. The molecule has 1 heterocycles. The minimum Gasteiger partial charge on any atom is -0.507 e. The second-order valence-electron chi connectivity index (χ2n) is 8.20. The molecule has 3 aromatic carbocycles. The number of halogens is 1. The third kappa shape index (κ3) is 4.70. The summed E-state index contributed by atoms with van der Waals surface area (Å²) in [6.45, 7) is 3.29. The van der Waals surface area contributed by atoms with Gasteiger partial charge in [-0.15, -0.1) is 0 Å². The normalized spacial score (nSPS) is 16.8. The number of methoxy groups -OCH3 is 1. The van der Waals surface area contributed by atoms with Crippen LogP contribution in [0.5, 0.6) is 11.5 Å². The number of Topliss-reactive ketones (excluding diaryl/α,β-unsaturated/α-hetero) is 1. The molecule has 1 N–H and O–H groups in total. The molecular formula is C28H24ClNO6. The summed E-state index contributed by atoms with van der Waals surface area (Å²) in [5.74, 6) is -1.88. The molecule has 0 bridgehead atoms. The van der Waals surface area contributed by atoms with E-state index in [0.717, 1.165) is 12.0 Å². The van der Waals surface area contributed by atoms with Crippen molar-refractivity contribution < 1.29 is 29.0 Å². The Kier molecular flexibility index (Phi) is 7.12. The van der Waals surface area contributed by atoms with Gasteiger partial charge in [0.15, 0.2) is 0 Å². The largest absolute Gasteiger partial charge is 0.507 e. The summed E-state index contributed by atoms with van der Waals surface area (Å²) < 4.78 is 10.4. The van der Waals surface area contributed by atoms with E-state index in [1.54, 1.807) is 48.5 Å². The third-order valence-corrected chi connectivity index (χ3v) is 6.22. The van der Waals surface area contributed by atoms with E-state index in [1.165, 1.54) is 25.0 Å². The summed E-state index contributed by atoms with van der Waals surface area (Å²) in [6, 6.07) is 17.4. The Hall–Kier alpha value is -4.10. The van der Waals surface area contributed by atoms with Crippen LogP contribution in [0.4, 0.5) is 5.69 Å². The molecule has 0 aromatic heterocycles. The average molecular weight is 506 g/mol. The zero-order valence-corrected chi connectivity index (χ0v) is 20.7. The summed E-state index contributed by atoms with van der Waals surface area (Å²) in [5, 5.41) is 11.5. The summed E-state index contributed by atoms with van der Waals surface area (Å²) in [4.78, 5) is 39.5. The number of carbonyl (C=O) groups excluding carboxylic acids is 3. The number of rotatable bonds is 6. The van der Waals surface area contributed by atoms with Crippen molar-refractivity contribution in [3.8, 4) is 11.5 Å². The van der Waals surface area contributed by atoms with Crippen LogP contribution in [-0.2, 0) is 20.8 Å². The molecule has 0 spiro atoms. The molecule has 1 saturated heterocycles. The number of aliphatic hydroxyl groups excluding tert-OH is 1. The van der Waals surface area contributed by atoms with Gasteiger partial charge in [-0.05, 0) is 60.0 Å². The van der Waals surface area contributed by atoms with Crippen LogP contribution in [-0.4, -0.2) is 29.9 Å². The molecule has 1 aliphatic rings. The van der Waals surface area contributed by atoms with E-state index in [0.29, 0.717) is 17.0 Å². The van der Waals surface area contributed by atoms with Gasteiger partial charge in [0.25, 0.3) is 11.7 Å². The van der Waals surface area contributed by atoms with E-state index >= 15 is 0 Å². The van der Waals surface area contributed by atoms with Gasteiger partial charge in [-0.25, -0.2) is 0 Å². The number of amides is 1. The predicted octanol–water partition coefficient (Wildman–Crippen LogP) is 5.46. The number of ether oxygens (including phenoxy) is 2. The molecule has 1 aliphatic heterocycles. The molecule has 1 atom stereocenters. The van der Waals surface area contributed by atoms with Crippen LogP contribution in [0.2, 0.25) is 5.02 Å². The van der Waals surface area contributed by atoms with Crippen molar-refractivity contribution in [3.05, 3.63) is 94.0 Å². The number of carbonyl (C=O) groups is 3. The minimum atomic E-state index is -0.978. The van der Waals surface area contributed by atoms with E-state index in [9.17, 15) is 19.5 Å². The van der Waals surface area contributed by atoms with E-state index in [1.807, 2.05) is 19.1 Å². The molecule has 184 valence electrons. The van der Waals surface area contributed by atoms with Crippen molar-refractivity contribution in [1.29, 1.82) is 0 Å². The minimum absolute atomic E-state index is 0.110. The Morgan fingerprint density at radius 2 is 1.78 bits per heavy atom. The third-order valence-electron chi connectivity index (χ3n) is 5.93. The van der Waals surface area contributed by atoms with Gasteiger partial charge in [0.2, 0.25) is 0 Å². The molecule has 1 fully saturated rings. The molecule has 0 aliphatic carbocycles. The number of esters is 1. The SMILES string of the molecule is CCc1ccc(N2C(=O)C(=O)/C(=C(/O)c3ccc(OC)c(Cl)c3)C2c2cccc(OC(C)=O)c2)cc1. The lowest BCUT2D eigenvalue weighted by Crippen LogP contribution is -2.29. The van der Waals surface area contributed by atoms with Gasteiger partial charge in [-0.2, -0.15) is 0 Å². The Labute approximate surface area is 213 Å². The van der Waals surface area contributed by atoms with Crippen molar-refractivity contribution >= 4 is 40.7 Å². The van der Waals surface area contributed by atoms with E-state index in [2.05, 4.69) is 0 Å². The van der Waals surface area contributed by atoms with Crippen molar-refractivity contribution in [2.75, 3.05) is 12.0 Å². The van der Waals surface area contributed by atoms with Crippen LogP contribution >= 0.6 is 11.6 Å². The lowest BCUT2D eigenvalue weighted by Gasteiger charge is -2.26. The van der Waals surface area contributed by atoms with E-state index in [-0.39, 0.29) is 27.7 Å². The van der Waals surface area contributed by atoms with Crippen LogP contribution in [0.1, 0.15) is 36.6 Å². The Bertz CT molecular complexity index is 1380. The monoisotopic (exact) mass is 505 g/mol. The van der Waals surface area contributed by atoms with Crippen molar-refractivity contribution in [1.82, 2.24) is 0 Å². The van der Waals surface area contributed by atoms with Crippen molar-refractivity contribution in [2.45, 2.75) is 26.3 Å². The van der Waals surface area contributed by atoms with Crippen LogP contribution in [0, 0.1) is 0 Å². The van der Waals surface area contributed by atoms with Crippen LogP contribution < -0.4 is 14.4 Å². The van der Waals surface area contributed by atoms with Gasteiger partial charge >= 0.3 is 5.97 Å². The number of aliphatic hydroxyl groups is 1. The van der Waals surface area contributed by atoms with Crippen LogP contribution in [0.15, 0.2) is 72.3 Å². The molecule has 0 saturated carbocycles. The quantitative estimate of drug-likeness (QED) is 0.157. The molecule has 36 heavy (non-hydrogen) atoms. The molecule has 3 aromatic rings. The molecular weight excluding hydrogens is 482 g/mol. The standard InChI is InChI=1S/C28H24ClNO6/c1-4-17-8-11-20(12-9-17)30-25(18-6-5-7-21(14-18)36-16(2)31)24(27(33)28(30)34)26(32)19-10-13-23(35-3)22(29)15-19/h5-15,25,32H,4H2,1-3H3/b26-24+. The second-order valence-corrected chi connectivity index (χ2v) is 8.61. The Morgan fingerprint density at radius 1 is 1.06 bits per heavy atom. The maximum Gasteiger partial charge on any atom is 0.308 e. The zero-order chi connectivity index (χ0) is 26.0. The number of nitrogens with zero attached hydrogens (tertiary/aromatic N) is 1. The molecule has 1 amide bonds. The summed E-state index contributed by atoms with van der Waals surface area (Å²) in [5.41, 5.74) is 2.18. The summed E-state index contributed by atoms with van der Waals surface area (Å²) >= 11 is 6.25. The van der Waals surface area contributed by atoms with Crippen LogP contribution in [0.3, 0.4) is 0 Å². The first-order valence-corrected chi connectivity index (χ1v) is 11.6. The highest BCUT2D eigenvalue weighted by molar-refractivity contribution is 6.51. The van der Waals surface area contributed by atoms with Crippen LogP contribution in [0.25, 0.3) is 5.76 Å². The Morgan fingerprint density at radius 3 is 2.39 bits per heavy atom. The van der Waals surface area contributed by atoms with Gasteiger partial charge in [-0.1, -0.05) is 42.8 Å². The molecule has 4 rings (SSSR count). The van der Waals surface area contributed by atoms with Gasteiger partial charge in [0.1, 0.15) is 17.3 Å². The summed E-state index contributed by atoms with van der Waals surface area (Å²) in [6.07, 6.45) is 0.811. The van der Waals surface area contributed by atoms with Gasteiger partial charge in [0.05, 0.1) is 23.7 Å². The number of benzene rings is 3. The molecule has 8 heteroatoms. The predicted molar refractivity (Wildman–Crippen MR) is 136 cm³/mol. The first kappa shape index (κ1) is 25.0. The fourth-order valence-electron chi connectivity index (χ4n) is 4.19. The molecule has 0 radical (unpaired) electrons. The number of ketones is 1. The number of anilines is 1. The number of hydrogen-bond acceptors (Lipinski definition) is 6. The molecule has 1 unspecified atom stereocenters. The average Bonchev–Trinajstić information content (AvgIpc) is 3.13. The maximum absolute atomic E-state index is 13.3. The highest BCUT2D eigenvalue weighted by atomic mass is 35.5. The first-order chi connectivity index (χ1) is 17.2. The van der Waals surface area contributed by atoms with Gasteiger partial charge in [0, 0.05) is 18.2 Å². The van der Waals surface area contributed by atoms with Crippen molar-refractivity contribution in [2.24, 2.45) is 0 Å². The van der Waals surface area contributed by atoms with Gasteiger partial charge < -0.3 is 14.6 Å². The topological polar surface area (TPSA) is 93.1 Å². The highest BCUT2D eigenvalue weighted by Gasteiger charge is 2.47. The van der Waals surface area contributed by atoms with E-state index < -0.39 is 23.7 Å². The van der Waals surface area contributed by atoms with Crippen molar-refractivity contribution in [3.63, 3.8) is 0 Å². The zero-order valence-electron chi connectivity index (χ0n) is 19.9. The highest BCUT2D eigenvalue weighted by Crippen LogP contribution is 2.43. The maximum atomic E-state index is 13.3. The lowest BCUT2D eigenvalue weighted by atomic mass is 9.95. The smallest absolute Gasteiger partial charge is 0.308 e. The second kappa shape index (κ2) is 10.3. The fraction of sp³-hybridized carbons (Fsp3) is 0.179. The lowest BCUT2D eigenvalue weighted by molar-refractivity contribution is -0.132. The summed E-state index contributed by atoms with van der Waals surface area (Å²) in [7, 11) is 1.46. The number of aryl methyl sites for hydroxylation is 1.